The lowest BCUT2D eigenvalue weighted by Gasteiger charge is -2.27. The summed E-state index contributed by atoms with van der Waals surface area (Å²) in [4.78, 5) is 2.26. The Kier molecular flexibility index (Phi) is 6.49. The van der Waals surface area contributed by atoms with Crippen molar-refractivity contribution in [2.24, 2.45) is 0 Å². The maximum absolute atomic E-state index is 13.7. The third kappa shape index (κ3) is 5.52. The van der Waals surface area contributed by atoms with Crippen molar-refractivity contribution in [3.05, 3.63) is 115 Å². The van der Waals surface area contributed by atoms with Gasteiger partial charge >= 0.3 is 0 Å². The Morgan fingerprint density at radius 1 is 0.771 bits per heavy atom. The molecule has 0 aliphatic carbocycles. The normalized spacial score (nSPS) is 12.3. The van der Waals surface area contributed by atoms with Crippen LogP contribution in [0.4, 0.5) is 8.78 Å². The van der Waals surface area contributed by atoms with Crippen molar-refractivity contribution in [3.8, 4) is 11.4 Å². The van der Waals surface area contributed by atoms with Gasteiger partial charge in [-0.2, -0.15) is 15.3 Å². The quantitative estimate of drug-likeness (QED) is 0.313. The van der Waals surface area contributed by atoms with Crippen molar-refractivity contribution < 1.29 is 8.78 Å². The van der Waals surface area contributed by atoms with Crippen molar-refractivity contribution in [3.63, 3.8) is 0 Å². The lowest BCUT2D eigenvalue weighted by atomic mass is 10.2. The molecule has 0 saturated heterocycles. The van der Waals surface area contributed by atoms with Gasteiger partial charge in [0.1, 0.15) is 11.6 Å². The predicted octanol–water partition coefficient (Wildman–Crippen LogP) is 4.62. The van der Waals surface area contributed by atoms with Gasteiger partial charge in [-0.15, -0.1) is 0 Å². The molecular weight excluding hydrogens is 448 g/mol. The molecule has 9 heteroatoms. The zero-order valence-electron chi connectivity index (χ0n) is 19.2. The summed E-state index contributed by atoms with van der Waals surface area (Å²) < 4.78 is 32.6. The van der Waals surface area contributed by atoms with Gasteiger partial charge in [0.15, 0.2) is 0 Å². The number of nitrogens with zero attached hydrogens (tertiary/aromatic N) is 7. The molecule has 0 N–H and O–H groups in total. The van der Waals surface area contributed by atoms with E-state index in [1.54, 1.807) is 27.7 Å². The molecule has 3 aromatic heterocycles. The van der Waals surface area contributed by atoms with Gasteiger partial charge in [0.05, 0.1) is 29.3 Å². The average Bonchev–Trinajstić information content (AvgIpc) is 3.61. The number of halogens is 2. The Balaban J connectivity index is 1.36. The second kappa shape index (κ2) is 10.0. The molecule has 0 bridgehead atoms. The highest BCUT2D eigenvalue weighted by atomic mass is 19.1. The van der Waals surface area contributed by atoms with E-state index in [9.17, 15) is 8.78 Å². The molecule has 3 heterocycles. The van der Waals surface area contributed by atoms with E-state index in [0.29, 0.717) is 31.0 Å². The van der Waals surface area contributed by atoms with Gasteiger partial charge in [-0.25, -0.2) is 18.1 Å². The highest BCUT2D eigenvalue weighted by Gasteiger charge is 2.19. The first-order chi connectivity index (χ1) is 17.0. The molecule has 0 aliphatic heterocycles. The SMILES string of the molecule is C[C@@H](Cn1cccn1)N(Cc1ccn(-c2cccc(F)c2)n1)Cc1ccn(-c2cccc(F)c2)n1. The molecule has 5 aromatic rings. The van der Waals surface area contributed by atoms with Crippen LogP contribution in [-0.4, -0.2) is 40.3 Å². The third-order valence-corrected chi connectivity index (χ3v) is 5.80. The summed E-state index contributed by atoms with van der Waals surface area (Å²) in [6, 6.07) is 18.6. The van der Waals surface area contributed by atoms with E-state index < -0.39 is 0 Å². The third-order valence-electron chi connectivity index (χ3n) is 5.80. The first-order valence-corrected chi connectivity index (χ1v) is 11.4. The second-order valence-corrected chi connectivity index (χ2v) is 8.45. The second-order valence-electron chi connectivity index (χ2n) is 8.45. The number of hydrogen-bond acceptors (Lipinski definition) is 4. The maximum Gasteiger partial charge on any atom is 0.125 e. The number of hydrogen-bond donors (Lipinski definition) is 0. The smallest absolute Gasteiger partial charge is 0.125 e. The predicted molar refractivity (Wildman–Crippen MR) is 128 cm³/mol. The van der Waals surface area contributed by atoms with Crippen LogP contribution in [0.3, 0.4) is 0 Å². The van der Waals surface area contributed by atoms with Gasteiger partial charge in [-0.1, -0.05) is 12.1 Å². The first-order valence-electron chi connectivity index (χ1n) is 11.4. The van der Waals surface area contributed by atoms with Crippen LogP contribution in [0.1, 0.15) is 18.3 Å². The summed E-state index contributed by atoms with van der Waals surface area (Å²) in [6.07, 6.45) is 7.36. The standard InChI is InChI=1S/C26H25F2N7/c1-20(17-33-12-4-11-29-33)32(18-23-9-13-34(30-23)25-7-2-5-21(27)15-25)19-24-10-14-35(31-24)26-8-3-6-22(28)16-26/h2-16,20H,17-19H2,1H3/t20-/m0/s1. The van der Waals surface area contributed by atoms with Crippen molar-refractivity contribution in [1.82, 2.24) is 34.2 Å². The van der Waals surface area contributed by atoms with Crippen LogP contribution in [0.5, 0.6) is 0 Å². The van der Waals surface area contributed by atoms with E-state index >= 15 is 0 Å². The molecule has 7 nitrogen and oxygen atoms in total. The molecule has 0 unspecified atom stereocenters. The van der Waals surface area contributed by atoms with E-state index in [1.807, 2.05) is 53.6 Å². The Labute approximate surface area is 201 Å². The van der Waals surface area contributed by atoms with Gasteiger partial charge in [0.25, 0.3) is 0 Å². The molecule has 0 fully saturated rings. The number of benzene rings is 2. The van der Waals surface area contributed by atoms with Crippen LogP contribution in [0.2, 0.25) is 0 Å². The fraction of sp³-hybridized carbons (Fsp3) is 0.192. The molecule has 2 aromatic carbocycles. The lowest BCUT2D eigenvalue weighted by Crippen LogP contribution is -2.35. The Bertz CT molecular complexity index is 1300. The van der Waals surface area contributed by atoms with Crippen molar-refractivity contribution in [2.45, 2.75) is 32.6 Å². The van der Waals surface area contributed by atoms with Crippen molar-refractivity contribution >= 4 is 0 Å². The number of rotatable bonds is 9. The Morgan fingerprint density at radius 2 is 1.34 bits per heavy atom. The monoisotopic (exact) mass is 473 g/mol. The summed E-state index contributed by atoms with van der Waals surface area (Å²) in [5.41, 5.74) is 3.04. The van der Waals surface area contributed by atoms with Gasteiger partial charge in [-0.3, -0.25) is 9.58 Å². The fourth-order valence-electron chi connectivity index (χ4n) is 4.00. The minimum absolute atomic E-state index is 0.119. The van der Waals surface area contributed by atoms with Gasteiger partial charge in [0.2, 0.25) is 0 Å². The largest absolute Gasteiger partial charge is 0.287 e. The van der Waals surface area contributed by atoms with E-state index in [-0.39, 0.29) is 17.7 Å². The molecule has 0 amide bonds. The molecular formula is C26H25F2N7. The maximum atomic E-state index is 13.7. The zero-order chi connectivity index (χ0) is 24.2. The molecule has 0 aliphatic rings. The minimum Gasteiger partial charge on any atom is -0.287 e. The average molecular weight is 474 g/mol. The summed E-state index contributed by atoms with van der Waals surface area (Å²) in [6.45, 7) is 3.96. The van der Waals surface area contributed by atoms with E-state index in [4.69, 9.17) is 0 Å². The summed E-state index contributed by atoms with van der Waals surface area (Å²) >= 11 is 0. The summed E-state index contributed by atoms with van der Waals surface area (Å²) in [5.74, 6) is -0.606. The van der Waals surface area contributed by atoms with Crippen molar-refractivity contribution in [2.75, 3.05) is 0 Å². The molecule has 5 rings (SSSR count). The van der Waals surface area contributed by atoms with Crippen molar-refractivity contribution in [1.29, 1.82) is 0 Å². The first kappa shape index (κ1) is 22.7. The Hall–Kier alpha value is -4.11. The zero-order valence-corrected chi connectivity index (χ0v) is 19.2. The highest BCUT2D eigenvalue weighted by Crippen LogP contribution is 2.16. The van der Waals surface area contributed by atoms with Crippen LogP contribution >= 0.6 is 0 Å². The van der Waals surface area contributed by atoms with E-state index in [0.717, 1.165) is 11.4 Å². The number of aromatic nitrogens is 6. The van der Waals surface area contributed by atoms with E-state index in [1.165, 1.54) is 24.3 Å². The lowest BCUT2D eigenvalue weighted by molar-refractivity contribution is 0.165. The molecule has 0 spiro atoms. The summed E-state index contributed by atoms with van der Waals surface area (Å²) in [7, 11) is 0. The van der Waals surface area contributed by atoms with Gasteiger partial charge in [-0.05, 0) is 61.5 Å². The topological polar surface area (TPSA) is 56.7 Å². The Morgan fingerprint density at radius 3 is 1.83 bits per heavy atom. The molecule has 1 atom stereocenters. The van der Waals surface area contributed by atoms with Crippen LogP contribution in [-0.2, 0) is 19.6 Å². The fourth-order valence-corrected chi connectivity index (χ4v) is 4.00. The molecule has 0 radical (unpaired) electrons. The highest BCUT2D eigenvalue weighted by molar-refractivity contribution is 5.32. The molecule has 0 saturated carbocycles. The van der Waals surface area contributed by atoms with Crippen LogP contribution < -0.4 is 0 Å². The molecule has 178 valence electrons. The van der Waals surface area contributed by atoms with Crippen LogP contribution in [0.15, 0.2) is 91.5 Å². The van der Waals surface area contributed by atoms with Crippen LogP contribution in [0.25, 0.3) is 11.4 Å². The molecule has 35 heavy (non-hydrogen) atoms. The van der Waals surface area contributed by atoms with Gasteiger partial charge < -0.3 is 0 Å². The van der Waals surface area contributed by atoms with Crippen LogP contribution in [0, 0.1) is 11.6 Å². The summed E-state index contributed by atoms with van der Waals surface area (Å²) in [5, 5.41) is 13.7. The minimum atomic E-state index is -0.303. The van der Waals surface area contributed by atoms with E-state index in [2.05, 4.69) is 27.1 Å². The van der Waals surface area contributed by atoms with Gasteiger partial charge in [0, 0.05) is 43.9 Å².